The van der Waals surface area contributed by atoms with Crippen LogP contribution in [0.5, 0.6) is 0 Å². The van der Waals surface area contributed by atoms with Gasteiger partial charge in [-0.1, -0.05) is 24.0 Å². The number of carbonyl (C=O) groups excluding carboxylic acids is 1. The fraction of sp³-hybridized carbons (Fsp3) is 0. The maximum absolute atomic E-state index is 11.3. The molecular formula is C8H4INO2S2. The molecule has 1 aliphatic heterocycles. The maximum Gasteiger partial charge on any atom is 0.263 e. The quantitative estimate of drug-likeness (QED) is 0.485. The van der Waals surface area contributed by atoms with E-state index in [0.717, 1.165) is 3.77 Å². The minimum Gasteiger partial charge on any atom is -0.451 e. The monoisotopic (exact) mass is 337 g/mol. The van der Waals surface area contributed by atoms with Gasteiger partial charge >= 0.3 is 0 Å². The molecule has 2 rings (SSSR count). The van der Waals surface area contributed by atoms with Crippen LogP contribution in [0.1, 0.15) is 5.76 Å². The van der Waals surface area contributed by atoms with Gasteiger partial charge in [0.05, 0.1) is 4.91 Å². The number of amides is 1. The first kappa shape index (κ1) is 10.2. The van der Waals surface area contributed by atoms with Crippen molar-refractivity contribution in [1.29, 1.82) is 0 Å². The van der Waals surface area contributed by atoms with Gasteiger partial charge in [0.15, 0.2) is 3.77 Å². The Hall–Kier alpha value is -0.340. The Morgan fingerprint density at radius 1 is 1.57 bits per heavy atom. The Balaban J connectivity index is 2.27. The molecule has 2 heterocycles. The van der Waals surface area contributed by atoms with Gasteiger partial charge in [-0.3, -0.25) is 4.79 Å². The summed E-state index contributed by atoms with van der Waals surface area (Å²) >= 11 is 8.17. The van der Waals surface area contributed by atoms with Crippen LogP contribution < -0.4 is 5.32 Å². The van der Waals surface area contributed by atoms with Crippen LogP contribution in [0.3, 0.4) is 0 Å². The van der Waals surface area contributed by atoms with Crippen LogP contribution in [-0.4, -0.2) is 10.2 Å². The van der Waals surface area contributed by atoms with Crippen LogP contribution in [-0.2, 0) is 4.79 Å². The van der Waals surface area contributed by atoms with Crippen molar-refractivity contribution in [3.63, 3.8) is 0 Å². The lowest BCUT2D eigenvalue weighted by Gasteiger charge is -1.88. The fourth-order valence-corrected chi connectivity index (χ4v) is 2.41. The zero-order valence-electron chi connectivity index (χ0n) is 6.74. The zero-order valence-corrected chi connectivity index (χ0v) is 10.5. The summed E-state index contributed by atoms with van der Waals surface area (Å²) in [4.78, 5) is 11.8. The highest BCUT2D eigenvalue weighted by molar-refractivity contribution is 14.1. The van der Waals surface area contributed by atoms with E-state index in [9.17, 15) is 4.79 Å². The third kappa shape index (κ3) is 2.18. The van der Waals surface area contributed by atoms with E-state index in [-0.39, 0.29) is 5.91 Å². The van der Waals surface area contributed by atoms with Crippen LogP contribution in [0.25, 0.3) is 6.08 Å². The smallest absolute Gasteiger partial charge is 0.263 e. The molecule has 0 bridgehead atoms. The minimum absolute atomic E-state index is 0.161. The number of hydrogen-bond acceptors (Lipinski definition) is 4. The molecule has 14 heavy (non-hydrogen) atoms. The molecule has 1 amide bonds. The van der Waals surface area contributed by atoms with Gasteiger partial charge in [0.25, 0.3) is 5.91 Å². The predicted molar refractivity (Wildman–Crippen MR) is 67.7 cm³/mol. The largest absolute Gasteiger partial charge is 0.451 e. The highest BCUT2D eigenvalue weighted by Gasteiger charge is 2.22. The summed E-state index contributed by atoms with van der Waals surface area (Å²) in [6.45, 7) is 0. The molecule has 0 unspecified atom stereocenters. The molecule has 72 valence electrons. The van der Waals surface area contributed by atoms with Gasteiger partial charge in [0.2, 0.25) is 0 Å². The molecule has 1 aromatic heterocycles. The third-order valence-electron chi connectivity index (χ3n) is 1.51. The summed E-state index contributed by atoms with van der Waals surface area (Å²) in [5.41, 5.74) is 0. The van der Waals surface area contributed by atoms with Gasteiger partial charge < -0.3 is 9.73 Å². The molecule has 1 aromatic rings. The van der Waals surface area contributed by atoms with Crippen LogP contribution in [0.4, 0.5) is 0 Å². The van der Waals surface area contributed by atoms with Crippen molar-refractivity contribution in [2.24, 2.45) is 0 Å². The number of nitrogens with one attached hydrogen (secondary N) is 1. The summed E-state index contributed by atoms with van der Waals surface area (Å²) in [7, 11) is 0. The lowest BCUT2D eigenvalue weighted by Crippen LogP contribution is -2.17. The highest BCUT2D eigenvalue weighted by Crippen LogP contribution is 2.26. The summed E-state index contributed by atoms with van der Waals surface area (Å²) in [5, 5.41) is 2.54. The predicted octanol–water partition coefficient (Wildman–Crippen LogP) is 2.37. The molecule has 1 N–H and O–H groups in total. The highest BCUT2D eigenvalue weighted by atomic mass is 127. The van der Waals surface area contributed by atoms with E-state index in [1.165, 1.54) is 11.8 Å². The van der Waals surface area contributed by atoms with Crippen LogP contribution in [0, 0.1) is 3.77 Å². The van der Waals surface area contributed by atoms with Crippen molar-refractivity contribution in [1.82, 2.24) is 5.32 Å². The van der Waals surface area contributed by atoms with E-state index < -0.39 is 0 Å². The summed E-state index contributed by atoms with van der Waals surface area (Å²) in [5.74, 6) is 0.503. The molecule has 0 atom stereocenters. The maximum atomic E-state index is 11.3. The summed E-state index contributed by atoms with van der Waals surface area (Å²) in [6, 6.07) is 3.65. The average molecular weight is 337 g/mol. The van der Waals surface area contributed by atoms with Crippen molar-refractivity contribution < 1.29 is 9.21 Å². The SMILES string of the molecule is O=C1NC(=S)S/C1=C\c1ccc(I)o1. The van der Waals surface area contributed by atoms with E-state index >= 15 is 0 Å². The first-order valence-corrected chi connectivity index (χ1v) is 5.96. The Labute approximate surface area is 103 Å². The van der Waals surface area contributed by atoms with E-state index in [1.807, 2.05) is 12.1 Å². The number of thioether (sulfide) groups is 1. The Bertz CT molecular complexity index is 438. The second-order valence-electron chi connectivity index (χ2n) is 2.49. The number of carbonyl (C=O) groups is 1. The fourth-order valence-electron chi connectivity index (χ4n) is 0.956. The van der Waals surface area contributed by atoms with Crippen LogP contribution in [0.15, 0.2) is 21.5 Å². The van der Waals surface area contributed by atoms with E-state index in [0.29, 0.717) is 15.0 Å². The molecule has 6 heteroatoms. The Morgan fingerprint density at radius 3 is 2.86 bits per heavy atom. The second-order valence-corrected chi connectivity index (χ2v) is 5.28. The number of furan rings is 1. The minimum atomic E-state index is -0.161. The second kappa shape index (κ2) is 4.03. The van der Waals surface area contributed by atoms with Crippen molar-refractivity contribution >= 4 is 62.9 Å². The van der Waals surface area contributed by atoms with E-state index in [2.05, 4.69) is 27.9 Å². The average Bonchev–Trinajstić information content (AvgIpc) is 2.61. The topological polar surface area (TPSA) is 42.2 Å². The van der Waals surface area contributed by atoms with Crippen molar-refractivity contribution in [2.75, 3.05) is 0 Å². The van der Waals surface area contributed by atoms with Crippen LogP contribution >= 0.6 is 46.6 Å². The molecule has 0 radical (unpaired) electrons. The van der Waals surface area contributed by atoms with Gasteiger partial charge in [-0.25, -0.2) is 0 Å². The summed E-state index contributed by atoms with van der Waals surface area (Å²) < 4.78 is 6.58. The normalized spacial score (nSPS) is 19.1. The summed E-state index contributed by atoms with van der Waals surface area (Å²) in [6.07, 6.45) is 1.68. The molecule has 0 saturated carbocycles. The zero-order chi connectivity index (χ0) is 10.1. The van der Waals surface area contributed by atoms with Gasteiger partial charge in [0.1, 0.15) is 10.1 Å². The lowest BCUT2D eigenvalue weighted by molar-refractivity contribution is -0.115. The van der Waals surface area contributed by atoms with Gasteiger partial charge in [0, 0.05) is 6.08 Å². The molecule has 1 fully saturated rings. The number of thiocarbonyl (C=S) groups is 1. The molecule has 1 aliphatic rings. The van der Waals surface area contributed by atoms with Gasteiger partial charge in [-0.2, -0.15) is 0 Å². The Kier molecular flexibility index (Phi) is 2.93. The van der Waals surface area contributed by atoms with Crippen molar-refractivity contribution in [3.8, 4) is 0 Å². The van der Waals surface area contributed by atoms with Crippen LogP contribution in [0.2, 0.25) is 0 Å². The molecule has 1 saturated heterocycles. The lowest BCUT2D eigenvalue weighted by atomic mass is 10.4. The Morgan fingerprint density at radius 2 is 2.36 bits per heavy atom. The number of halogens is 1. The third-order valence-corrected chi connectivity index (χ3v) is 3.25. The standard InChI is InChI=1S/C8H4INO2S2/c9-6-2-1-4(12-6)3-5-7(11)10-8(13)14-5/h1-3H,(H,10,11,13)/b5-3-. The first-order chi connectivity index (χ1) is 6.65. The number of hydrogen-bond donors (Lipinski definition) is 1. The van der Waals surface area contributed by atoms with Gasteiger partial charge in [-0.15, -0.1) is 0 Å². The molecular weight excluding hydrogens is 333 g/mol. The molecule has 0 aromatic carbocycles. The van der Waals surface area contributed by atoms with E-state index in [4.69, 9.17) is 16.6 Å². The molecule has 3 nitrogen and oxygen atoms in total. The van der Waals surface area contributed by atoms with Crippen molar-refractivity contribution in [3.05, 3.63) is 26.6 Å². The molecule has 0 aliphatic carbocycles. The first-order valence-electron chi connectivity index (χ1n) is 3.65. The van der Waals surface area contributed by atoms with Gasteiger partial charge in [-0.05, 0) is 34.7 Å². The number of rotatable bonds is 1. The van der Waals surface area contributed by atoms with Crippen molar-refractivity contribution in [2.45, 2.75) is 0 Å². The van der Waals surface area contributed by atoms with E-state index in [1.54, 1.807) is 6.08 Å². The molecule has 0 spiro atoms.